The highest BCUT2D eigenvalue weighted by Crippen LogP contribution is 2.15. The molecule has 2 aromatic rings. The lowest BCUT2D eigenvalue weighted by Gasteiger charge is -2.11. The van der Waals surface area contributed by atoms with E-state index < -0.39 is 0 Å². The van der Waals surface area contributed by atoms with E-state index in [4.69, 9.17) is 5.26 Å². The molecule has 0 aliphatic rings. The van der Waals surface area contributed by atoms with Gasteiger partial charge in [-0.2, -0.15) is 28.4 Å². The number of carbonyl (C=O) groups excluding carboxylic acids is 1. The van der Waals surface area contributed by atoms with E-state index in [1.165, 1.54) is 5.56 Å². The molecule has 132 valence electrons. The molecule has 0 saturated heterocycles. The third-order valence-electron chi connectivity index (χ3n) is 3.94. The van der Waals surface area contributed by atoms with Crippen molar-refractivity contribution < 1.29 is 4.79 Å². The van der Waals surface area contributed by atoms with Gasteiger partial charge in [-0.15, -0.1) is 0 Å². The van der Waals surface area contributed by atoms with Gasteiger partial charge in [-0.05, 0) is 53.8 Å². The van der Waals surface area contributed by atoms with E-state index in [0.717, 1.165) is 22.8 Å². The Morgan fingerprint density at radius 3 is 2.92 bits per heavy atom. The van der Waals surface area contributed by atoms with Crippen LogP contribution in [-0.4, -0.2) is 23.2 Å². The minimum Gasteiger partial charge on any atom is -0.355 e. The average molecular weight is 376 g/mol. The van der Waals surface area contributed by atoms with Crippen LogP contribution in [0.3, 0.4) is 0 Å². The number of aryl methyl sites for hydroxylation is 1. The van der Waals surface area contributed by atoms with E-state index in [1.54, 1.807) is 36.9 Å². The van der Waals surface area contributed by atoms with Crippen LogP contribution in [0.4, 0.5) is 0 Å². The number of nitrogens with zero attached hydrogens (tertiary/aromatic N) is 1. The van der Waals surface area contributed by atoms with Gasteiger partial charge in [0.15, 0.2) is 0 Å². The van der Waals surface area contributed by atoms with Gasteiger partial charge in [0.05, 0.1) is 0 Å². The van der Waals surface area contributed by atoms with Crippen molar-refractivity contribution in [2.24, 2.45) is 0 Å². The van der Waals surface area contributed by atoms with Crippen molar-refractivity contribution in [3.63, 3.8) is 0 Å². The number of amides is 1. The van der Waals surface area contributed by atoms with Gasteiger partial charge in [-0.25, -0.2) is 0 Å². The van der Waals surface area contributed by atoms with Crippen LogP contribution in [0.25, 0.3) is 0 Å². The number of nitrogens with one attached hydrogen (secondary N) is 2. The van der Waals surface area contributed by atoms with Gasteiger partial charge < -0.3 is 10.3 Å². The molecule has 2 aromatic heterocycles. The molecule has 5 nitrogen and oxygen atoms in total. The summed E-state index contributed by atoms with van der Waals surface area (Å²) in [5, 5.41) is 16.2. The largest absolute Gasteiger partial charge is 0.355 e. The fourth-order valence-corrected chi connectivity index (χ4v) is 4.15. The molecule has 2 rings (SSSR count). The maximum absolute atomic E-state index is 12.0. The van der Waals surface area contributed by atoms with Crippen LogP contribution in [0.1, 0.15) is 34.4 Å². The summed E-state index contributed by atoms with van der Waals surface area (Å²) in [7, 11) is 0. The van der Waals surface area contributed by atoms with Crippen molar-refractivity contribution in [2.75, 3.05) is 12.3 Å². The van der Waals surface area contributed by atoms with Crippen LogP contribution in [0.2, 0.25) is 0 Å². The first-order valence-electron chi connectivity index (χ1n) is 8.01. The van der Waals surface area contributed by atoms with E-state index in [9.17, 15) is 9.59 Å². The summed E-state index contributed by atoms with van der Waals surface area (Å²) < 4.78 is 0. The Morgan fingerprint density at radius 2 is 2.24 bits per heavy atom. The summed E-state index contributed by atoms with van der Waals surface area (Å²) in [6.07, 6.45) is 0.852. The standard InChI is InChI=1S/C18H21N3O2S2/c1-12-15(13(2)21-18(23)16(12)9-19)3-4-17(22)20-6-8-25-11-14-5-7-24-10-14/h5,7,10H,3-4,6,8,11H2,1-2H3,(H,20,22)(H,21,23). The van der Waals surface area contributed by atoms with Gasteiger partial charge in [-0.1, -0.05) is 0 Å². The topological polar surface area (TPSA) is 85.8 Å². The highest BCUT2D eigenvalue weighted by Gasteiger charge is 2.13. The molecule has 2 N–H and O–H groups in total. The smallest absolute Gasteiger partial charge is 0.266 e. The number of aromatic amines is 1. The molecule has 7 heteroatoms. The van der Waals surface area contributed by atoms with Crippen molar-refractivity contribution in [3.05, 3.63) is 55.1 Å². The van der Waals surface area contributed by atoms with Gasteiger partial charge >= 0.3 is 0 Å². The monoisotopic (exact) mass is 375 g/mol. The number of hydrogen-bond donors (Lipinski definition) is 2. The van der Waals surface area contributed by atoms with Crippen molar-refractivity contribution in [1.82, 2.24) is 10.3 Å². The van der Waals surface area contributed by atoms with Crippen LogP contribution < -0.4 is 10.9 Å². The van der Waals surface area contributed by atoms with Crippen molar-refractivity contribution >= 4 is 29.0 Å². The molecule has 0 unspecified atom stereocenters. The lowest BCUT2D eigenvalue weighted by molar-refractivity contribution is -0.120. The fraction of sp³-hybridized carbons (Fsp3) is 0.389. The Hall–Kier alpha value is -2.04. The van der Waals surface area contributed by atoms with Gasteiger partial charge in [-0.3, -0.25) is 9.59 Å². The van der Waals surface area contributed by atoms with E-state index in [1.807, 2.05) is 6.07 Å². The van der Waals surface area contributed by atoms with Crippen molar-refractivity contribution in [1.29, 1.82) is 5.26 Å². The number of thioether (sulfide) groups is 1. The number of rotatable bonds is 8. The molecule has 0 atom stereocenters. The molecular weight excluding hydrogens is 354 g/mol. The third-order valence-corrected chi connectivity index (χ3v) is 5.70. The molecule has 0 bridgehead atoms. The van der Waals surface area contributed by atoms with Gasteiger partial charge in [0.25, 0.3) is 5.56 Å². The van der Waals surface area contributed by atoms with Crippen molar-refractivity contribution in [2.45, 2.75) is 32.4 Å². The van der Waals surface area contributed by atoms with Gasteiger partial charge in [0.2, 0.25) is 5.91 Å². The van der Waals surface area contributed by atoms with E-state index in [-0.39, 0.29) is 17.0 Å². The fourth-order valence-electron chi connectivity index (χ4n) is 2.57. The summed E-state index contributed by atoms with van der Waals surface area (Å²) in [6.45, 7) is 4.19. The summed E-state index contributed by atoms with van der Waals surface area (Å²) in [6, 6.07) is 4.04. The summed E-state index contributed by atoms with van der Waals surface area (Å²) in [5.74, 6) is 1.82. The van der Waals surface area contributed by atoms with E-state index >= 15 is 0 Å². The number of H-pyrrole nitrogens is 1. The lowest BCUT2D eigenvalue weighted by atomic mass is 9.99. The van der Waals surface area contributed by atoms with Crippen molar-refractivity contribution in [3.8, 4) is 6.07 Å². The maximum Gasteiger partial charge on any atom is 0.266 e. The SMILES string of the molecule is Cc1[nH]c(=O)c(C#N)c(C)c1CCC(=O)NCCSCc1ccsc1. The Kier molecular flexibility index (Phi) is 7.29. The number of aromatic nitrogens is 1. The van der Waals surface area contributed by atoms with Gasteiger partial charge in [0, 0.05) is 30.2 Å². The van der Waals surface area contributed by atoms with Crippen LogP contribution in [0.5, 0.6) is 0 Å². The highest BCUT2D eigenvalue weighted by atomic mass is 32.2. The Bertz CT molecular complexity index is 820. The Morgan fingerprint density at radius 1 is 1.44 bits per heavy atom. The summed E-state index contributed by atoms with van der Waals surface area (Å²) >= 11 is 3.49. The number of pyridine rings is 1. The number of nitriles is 1. The molecule has 0 radical (unpaired) electrons. The first-order chi connectivity index (χ1) is 12.0. The zero-order valence-corrected chi connectivity index (χ0v) is 16.0. The molecule has 1 amide bonds. The zero-order valence-electron chi connectivity index (χ0n) is 14.3. The molecule has 2 heterocycles. The maximum atomic E-state index is 12.0. The average Bonchev–Trinajstić information content (AvgIpc) is 3.07. The van der Waals surface area contributed by atoms with Crippen LogP contribution >= 0.6 is 23.1 Å². The number of carbonyl (C=O) groups is 1. The molecule has 0 aliphatic carbocycles. The third kappa shape index (κ3) is 5.48. The van der Waals surface area contributed by atoms with Crippen LogP contribution in [0.15, 0.2) is 21.6 Å². The molecule has 25 heavy (non-hydrogen) atoms. The quantitative estimate of drug-likeness (QED) is 0.695. The molecule has 0 fully saturated rings. The Labute approximate surface area is 155 Å². The van der Waals surface area contributed by atoms with Gasteiger partial charge in [0.1, 0.15) is 11.6 Å². The molecule has 0 saturated carbocycles. The molecule has 0 aromatic carbocycles. The second kappa shape index (κ2) is 9.44. The Balaban J connectivity index is 1.77. The molecule has 0 aliphatic heterocycles. The number of thiophene rings is 1. The van der Waals surface area contributed by atoms with E-state index in [0.29, 0.717) is 24.9 Å². The summed E-state index contributed by atoms with van der Waals surface area (Å²) in [4.78, 5) is 26.4. The zero-order chi connectivity index (χ0) is 18.2. The van der Waals surface area contributed by atoms with Crippen LogP contribution in [0, 0.1) is 25.2 Å². The first kappa shape index (κ1) is 19.3. The van der Waals surface area contributed by atoms with E-state index in [2.05, 4.69) is 27.1 Å². The minimum absolute atomic E-state index is 0.0142. The second-order valence-electron chi connectivity index (χ2n) is 5.70. The number of hydrogen-bond acceptors (Lipinski definition) is 5. The second-order valence-corrected chi connectivity index (χ2v) is 7.59. The first-order valence-corrected chi connectivity index (χ1v) is 10.1. The summed E-state index contributed by atoms with van der Waals surface area (Å²) in [5.41, 5.74) is 3.35. The lowest BCUT2D eigenvalue weighted by Crippen LogP contribution is -2.26. The normalized spacial score (nSPS) is 10.4. The van der Waals surface area contributed by atoms with Crippen LogP contribution in [-0.2, 0) is 17.0 Å². The minimum atomic E-state index is -0.367. The highest BCUT2D eigenvalue weighted by molar-refractivity contribution is 7.98. The molecular formula is C18H21N3O2S2. The predicted molar refractivity (Wildman–Crippen MR) is 103 cm³/mol. The predicted octanol–water partition coefficient (Wildman–Crippen LogP) is 2.91. The molecule has 0 spiro atoms.